The lowest BCUT2D eigenvalue weighted by Gasteiger charge is -2.30. The molecule has 1 rings (SSSR count). The maximum Gasteiger partial charge on any atom is 0.306 e. The molecule has 0 radical (unpaired) electrons. The van der Waals surface area contributed by atoms with E-state index in [4.69, 9.17) is 9.84 Å². The van der Waals surface area contributed by atoms with Crippen molar-refractivity contribution in [1.29, 1.82) is 0 Å². The van der Waals surface area contributed by atoms with E-state index < -0.39 is 11.5 Å². The van der Waals surface area contributed by atoms with Gasteiger partial charge < -0.3 is 15.2 Å². The van der Waals surface area contributed by atoms with Crippen LogP contribution in [0.5, 0.6) is 5.75 Å². The van der Waals surface area contributed by atoms with Gasteiger partial charge in [-0.2, -0.15) is 11.8 Å². The molecule has 0 heterocycles. The van der Waals surface area contributed by atoms with Gasteiger partial charge in [-0.25, -0.2) is 0 Å². The molecule has 0 saturated carbocycles. The molecule has 110 valence electrons. The summed E-state index contributed by atoms with van der Waals surface area (Å²) in [6.45, 7) is 1.70. The topological polar surface area (TPSA) is 75.6 Å². The van der Waals surface area contributed by atoms with E-state index in [9.17, 15) is 9.59 Å². The van der Waals surface area contributed by atoms with E-state index in [-0.39, 0.29) is 12.3 Å². The largest absolute Gasteiger partial charge is 0.497 e. The van der Waals surface area contributed by atoms with Crippen LogP contribution < -0.4 is 10.1 Å². The number of carboxylic acids is 1. The highest BCUT2D eigenvalue weighted by Gasteiger charge is 2.31. The fourth-order valence-corrected chi connectivity index (χ4v) is 2.30. The predicted molar refractivity (Wildman–Crippen MR) is 79.1 cm³/mol. The van der Waals surface area contributed by atoms with Crippen molar-refractivity contribution in [2.75, 3.05) is 19.1 Å². The Morgan fingerprint density at radius 3 is 2.70 bits per heavy atom. The molecule has 1 atom stereocenters. The Kier molecular flexibility index (Phi) is 5.88. The van der Waals surface area contributed by atoms with Gasteiger partial charge in [-0.05, 0) is 30.9 Å². The lowest BCUT2D eigenvalue weighted by molar-refractivity contribution is -0.139. The van der Waals surface area contributed by atoms with Crippen LogP contribution in [0.25, 0.3) is 0 Å². The Bertz CT molecular complexity index is 492. The number of carbonyl (C=O) groups is 2. The number of hydrogen-bond donors (Lipinski definition) is 2. The van der Waals surface area contributed by atoms with Gasteiger partial charge in [0.15, 0.2) is 0 Å². The zero-order chi connectivity index (χ0) is 15.2. The summed E-state index contributed by atoms with van der Waals surface area (Å²) >= 11 is 1.39. The van der Waals surface area contributed by atoms with Gasteiger partial charge in [-0.3, -0.25) is 9.59 Å². The standard InChI is InChI=1S/C14H19NO4S/c1-14(8-13(17)18,15-12(16)9-20-3)10-5-4-6-11(7-10)19-2/h4-7H,8-9H2,1-3H3,(H,15,16)(H,17,18). The third-order valence-corrected chi connectivity index (χ3v) is 3.45. The molecule has 6 heteroatoms. The van der Waals surface area contributed by atoms with Gasteiger partial charge in [0, 0.05) is 0 Å². The second-order valence-corrected chi connectivity index (χ2v) is 5.48. The molecule has 1 amide bonds. The van der Waals surface area contributed by atoms with E-state index in [1.54, 1.807) is 38.3 Å². The summed E-state index contributed by atoms with van der Waals surface area (Å²) in [5.74, 6) is -0.249. The molecule has 1 aromatic carbocycles. The number of hydrogen-bond acceptors (Lipinski definition) is 4. The highest BCUT2D eigenvalue weighted by atomic mass is 32.2. The zero-order valence-corrected chi connectivity index (χ0v) is 12.6. The first-order chi connectivity index (χ1) is 9.41. The van der Waals surface area contributed by atoms with Crippen molar-refractivity contribution in [3.05, 3.63) is 29.8 Å². The normalized spacial score (nSPS) is 13.3. The second-order valence-electron chi connectivity index (χ2n) is 4.62. The van der Waals surface area contributed by atoms with Gasteiger partial charge in [0.1, 0.15) is 5.75 Å². The summed E-state index contributed by atoms with van der Waals surface area (Å²) < 4.78 is 5.14. The van der Waals surface area contributed by atoms with Crippen LogP contribution in [0, 0.1) is 0 Å². The number of ether oxygens (including phenoxy) is 1. The van der Waals surface area contributed by atoms with Crippen LogP contribution in [0.1, 0.15) is 18.9 Å². The first-order valence-electron chi connectivity index (χ1n) is 6.07. The minimum Gasteiger partial charge on any atom is -0.497 e. The lowest BCUT2D eigenvalue weighted by atomic mass is 9.88. The summed E-state index contributed by atoms with van der Waals surface area (Å²) in [5, 5.41) is 11.9. The summed E-state index contributed by atoms with van der Waals surface area (Å²) in [6.07, 6.45) is 1.62. The van der Waals surface area contributed by atoms with Crippen LogP contribution in [0.4, 0.5) is 0 Å². The van der Waals surface area contributed by atoms with E-state index in [1.165, 1.54) is 11.8 Å². The van der Waals surface area contributed by atoms with Gasteiger partial charge >= 0.3 is 5.97 Å². The summed E-state index contributed by atoms with van der Waals surface area (Å²) in [6, 6.07) is 7.07. The van der Waals surface area contributed by atoms with Crippen molar-refractivity contribution in [1.82, 2.24) is 5.32 Å². The minimum absolute atomic E-state index is 0.191. The van der Waals surface area contributed by atoms with Crippen molar-refractivity contribution in [3.8, 4) is 5.75 Å². The minimum atomic E-state index is -0.972. The smallest absolute Gasteiger partial charge is 0.306 e. The van der Waals surface area contributed by atoms with E-state index in [0.717, 1.165) is 0 Å². The van der Waals surface area contributed by atoms with Crippen LogP contribution in [0.15, 0.2) is 24.3 Å². The van der Waals surface area contributed by atoms with E-state index in [1.807, 2.05) is 6.26 Å². The van der Waals surface area contributed by atoms with E-state index >= 15 is 0 Å². The predicted octanol–water partition coefficient (Wildman–Crippen LogP) is 1.86. The fraction of sp³-hybridized carbons (Fsp3) is 0.429. The molecule has 1 aromatic rings. The molecule has 0 aliphatic carbocycles. The van der Waals surface area contributed by atoms with Crippen LogP contribution in [-0.4, -0.2) is 36.1 Å². The molecule has 0 spiro atoms. The summed E-state index contributed by atoms with van der Waals surface area (Å²) in [7, 11) is 1.54. The van der Waals surface area contributed by atoms with Gasteiger partial charge in [-0.1, -0.05) is 12.1 Å². The Morgan fingerprint density at radius 2 is 2.15 bits per heavy atom. The molecule has 0 aliphatic heterocycles. The number of thioether (sulfide) groups is 1. The molecule has 0 saturated heterocycles. The van der Waals surface area contributed by atoms with Gasteiger partial charge in [0.2, 0.25) is 5.91 Å². The number of nitrogens with one attached hydrogen (secondary N) is 1. The van der Waals surface area contributed by atoms with Crippen molar-refractivity contribution in [2.24, 2.45) is 0 Å². The van der Waals surface area contributed by atoms with Crippen LogP contribution in [-0.2, 0) is 15.1 Å². The van der Waals surface area contributed by atoms with Crippen LogP contribution in [0.3, 0.4) is 0 Å². The Hall–Kier alpha value is -1.69. The van der Waals surface area contributed by atoms with Crippen molar-refractivity contribution in [3.63, 3.8) is 0 Å². The molecule has 5 nitrogen and oxygen atoms in total. The quantitative estimate of drug-likeness (QED) is 0.803. The first kappa shape index (κ1) is 16.4. The molecule has 2 N–H and O–H groups in total. The third-order valence-electron chi connectivity index (χ3n) is 2.90. The SMILES string of the molecule is COc1cccc(C(C)(CC(=O)O)NC(=O)CSC)c1. The number of benzene rings is 1. The number of carbonyl (C=O) groups excluding carboxylic acids is 1. The van der Waals surface area contributed by atoms with E-state index in [2.05, 4.69) is 5.32 Å². The second kappa shape index (κ2) is 7.19. The molecule has 0 aromatic heterocycles. The van der Waals surface area contributed by atoms with E-state index in [0.29, 0.717) is 17.1 Å². The third kappa shape index (κ3) is 4.45. The fourth-order valence-electron chi connectivity index (χ4n) is 1.96. The van der Waals surface area contributed by atoms with Crippen LogP contribution >= 0.6 is 11.8 Å². The van der Waals surface area contributed by atoms with Gasteiger partial charge in [0.25, 0.3) is 0 Å². The molecule has 0 aliphatic rings. The monoisotopic (exact) mass is 297 g/mol. The van der Waals surface area contributed by atoms with Crippen molar-refractivity contribution >= 4 is 23.6 Å². The lowest BCUT2D eigenvalue weighted by Crippen LogP contribution is -2.45. The molecule has 20 heavy (non-hydrogen) atoms. The molecule has 0 fully saturated rings. The molecular formula is C14H19NO4S. The maximum atomic E-state index is 11.8. The number of methoxy groups -OCH3 is 1. The number of aliphatic carboxylic acids is 1. The highest BCUT2D eigenvalue weighted by Crippen LogP contribution is 2.28. The summed E-state index contributed by atoms with van der Waals surface area (Å²) in [5.41, 5.74) is -0.263. The van der Waals surface area contributed by atoms with Crippen molar-refractivity contribution < 1.29 is 19.4 Å². The zero-order valence-electron chi connectivity index (χ0n) is 11.8. The summed E-state index contributed by atoms with van der Waals surface area (Å²) in [4.78, 5) is 22.9. The Labute approximate surface area is 122 Å². The Balaban J connectivity index is 3.08. The average Bonchev–Trinajstić information content (AvgIpc) is 2.38. The molecule has 0 bridgehead atoms. The van der Waals surface area contributed by atoms with Gasteiger partial charge in [0.05, 0.1) is 24.8 Å². The molecular weight excluding hydrogens is 278 g/mol. The number of carboxylic acid groups (broad SMARTS) is 1. The first-order valence-corrected chi connectivity index (χ1v) is 7.47. The highest BCUT2D eigenvalue weighted by molar-refractivity contribution is 7.99. The maximum absolute atomic E-state index is 11.8. The molecule has 1 unspecified atom stereocenters. The average molecular weight is 297 g/mol. The van der Waals surface area contributed by atoms with Gasteiger partial charge in [-0.15, -0.1) is 0 Å². The Morgan fingerprint density at radius 1 is 1.45 bits per heavy atom. The number of amides is 1. The van der Waals surface area contributed by atoms with Crippen molar-refractivity contribution in [2.45, 2.75) is 18.9 Å². The number of rotatable bonds is 7. The van der Waals surface area contributed by atoms with Crippen LogP contribution in [0.2, 0.25) is 0 Å².